The van der Waals surface area contributed by atoms with Crippen LogP contribution in [-0.4, -0.2) is 57.3 Å². The van der Waals surface area contributed by atoms with Crippen LogP contribution in [0.5, 0.6) is 23.5 Å². The highest BCUT2D eigenvalue weighted by Crippen LogP contribution is 2.34. The van der Waals surface area contributed by atoms with E-state index in [2.05, 4.69) is 52.4 Å². The summed E-state index contributed by atoms with van der Waals surface area (Å²) in [5, 5.41) is 6.68. The fourth-order valence-electron chi connectivity index (χ4n) is 3.73. The third kappa shape index (κ3) is 5.85. The van der Waals surface area contributed by atoms with Crippen molar-refractivity contribution >= 4 is 36.8 Å². The maximum atomic E-state index is 12.8. The molecule has 12 heteroatoms. The molecule has 1 saturated heterocycles. The van der Waals surface area contributed by atoms with Gasteiger partial charge >= 0.3 is 6.03 Å². The zero-order valence-electron chi connectivity index (χ0n) is 21.8. The van der Waals surface area contributed by atoms with Gasteiger partial charge in [0.15, 0.2) is 5.69 Å². The van der Waals surface area contributed by atoms with Crippen molar-refractivity contribution < 1.29 is 28.2 Å². The molecular formula is C25H31N5O6Si. The van der Waals surface area contributed by atoms with Crippen LogP contribution in [0.1, 0.15) is 11.3 Å². The number of methoxy groups -OCH3 is 2. The van der Waals surface area contributed by atoms with Gasteiger partial charge in [-0.25, -0.2) is 4.79 Å². The Labute approximate surface area is 216 Å². The molecule has 0 aliphatic carbocycles. The molecule has 1 aliphatic rings. The Hall–Kier alpha value is -4.06. The lowest BCUT2D eigenvalue weighted by Gasteiger charge is -2.18. The maximum Gasteiger partial charge on any atom is 0.324 e. The number of carbonyl (C=O) groups excluding carboxylic acids is 2. The number of nitrogens with one attached hydrogen (secondary N) is 2. The molecule has 0 saturated carbocycles. The summed E-state index contributed by atoms with van der Waals surface area (Å²) in [4.78, 5) is 34.7. The molecule has 3 heterocycles. The Morgan fingerprint density at radius 3 is 2.43 bits per heavy atom. The van der Waals surface area contributed by atoms with Crippen LogP contribution in [0.15, 0.2) is 34.7 Å². The third-order valence-corrected chi connectivity index (χ3v) is 7.86. The summed E-state index contributed by atoms with van der Waals surface area (Å²) in [5.74, 6) is 1.28. The summed E-state index contributed by atoms with van der Waals surface area (Å²) in [5.41, 5.74) is 1.15. The topological polar surface area (TPSA) is 128 Å². The van der Waals surface area contributed by atoms with Crippen molar-refractivity contribution in [1.29, 1.82) is 0 Å². The Morgan fingerprint density at radius 1 is 1.14 bits per heavy atom. The molecule has 1 aromatic carbocycles. The second-order valence-electron chi connectivity index (χ2n) is 9.58. The van der Waals surface area contributed by atoms with E-state index >= 15 is 0 Å². The first-order valence-corrected chi connectivity index (χ1v) is 15.3. The highest BCUT2D eigenvalue weighted by Gasteiger charge is 2.28. The lowest BCUT2D eigenvalue weighted by molar-refractivity contribution is -0.115. The fraction of sp³-hybridized carbons (Fsp3) is 0.360. The number of ether oxygens (including phenoxy) is 3. The normalized spacial score (nSPS) is 13.4. The summed E-state index contributed by atoms with van der Waals surface area (Å²) in [6.07, 6.45) is -0.0696. The van der Waals surface area contributed by atoms with Crippen LogP contribution < -0.4 is 34.9 Å². The maximum absolute atomic E-state index is 12.8. The van der Waals surface area contributed by atoms with E-state index in [1.54, 1.807) is 12.1 Å². The molecule has 0 bridgehead atoms. The molecule has 37 heavy (non-hydrogen) atoms. The average Bonchev–Trinajstić information content (AvgIpc) is 3.48. The van der Waals surface area contributed by atoms with E-state index in [-0.39, 0.29) is 35.8 Å². The van der Waals surface area contributed by atoms with E-state index in [4.69, 9.17) is 18.6 Å². The van der Waals surface area contributed by atoms with Crippen LogP contribution >= 0.6 is 0 Å². The van der Waals surface area contributed by atoms with Crippen molar-refractivity contribution in [3.63, 3.8) is 0 Å². The molecule has 3 amide bonds. The number of amides is 3. The Morgan fingerprint density at radius 2 is 1.84 bits per heavy atom. The number of anilines is 2. The summed E-state index contributed by atoms with van der Waals surface area (Å²) in [7, 11) is 1.30. The van der Waals surface area contributed by atoms with Crippen LogP contribution in [0, 0.1) is 6.92 Å². The van der Waals surface area contributed by atoms with Crippen LogP contribution in [0.25, 0.3) is 0 Å². The first kappa shape index (κ1) is 26.0. The number of hydrogen-bond donors (Lipinski definition) is 2. The van der Waals surface area contributed by atoms with Crippen LogP contribution in [0.2, 0.25) is 19.6 Å². The molecule has 2 aromatic heterocycles. The fourth-order valence-corrected chi connectivity index (χ4v) is 4.88. The number of urea groups is 1. The van der Waals surface area contributed by atoms with Crippen LogP contribution in [0.4, 0.5) is 16.4 Å². The molecule has 2 N–H and O–H groups in total. The number of carbonyl (C=O) groups is 2. The van der Waals surface area contributed by atoms with E-state index < -0.39 is 14.0 Å². The predicted molar refractivity (Wildman–Crippen MR) is 141 cm³/mol. The lowest BCUT2D eigenvalue weighted by Crippen LogP contribution is -2.37. The van der Waals surface area contributed by atoms with Crippen molar-refractivity contribution in [3.8, 4) is 23.5 Å². The zero-order chi connectivity index (χ0) is 26.7. The number of rotatable bonds is 9. The summed E-state index contributed by atoms with van der Waals surface area (Å²) in [6.45, 7) is 9.68. The van der Waals surface area contributed by atoms with Gasteiger partial charge in [-0.3, -0.25) is 9.69 Å². The molecule has 196 valence electrons. The molecule has 0 spiro atoms. The van der Waals surface area contributed by atoms with E-state index in [0.29, 0.717) is 24.8 Å². The van der Waals surface area contributed by atoms with E-state index in [0.717, 1.165) is 11.3 Å². The molecule has 0 radical (unpaired) electrons. The van der Waals surface area contributed by atoms with Crippen molar-refractivity contribution in [2.45, 2.75) is 33.0 Å². The van der Waals surface area contributed by atoms with E-state index in [1.165, 1.54) is 24.3 Å². The van der Waals surface area contributed by atoms with Gasteiger partial charge in [0, 0.05) is 19.2 Å². The van der Waals surface area contributed by atoms with Gasteiger partial charge in [-0.05, 0) is 24.6 Å². The minimum absolute atomic E-state index is 0.0659. The van der Waals surface area contributed by atoms with Crippen molar-refractivity contribution in [2.24, 2.45) is 0 Å². The Balaban J connectivity index is 1.47. The first-order chi connectivity index (χ1) is 17.6. The van der Waals surface area contributed by atoms with E-state index in [9.17, 15) is 9.59 Å². The number of hydrogen-bond acceptors (Lipinski definition) is 8. The smallest absolute Gasteiger partial charge is 0.324 e. The highest BCUT2D eigenvalue weighted by molar-refractivity contribution is 6.88. The predicted octanol–water partition coefficient (Wildman–Crippen LogP) is 3.44. The quantitative estimate of drug-likeness (QED) is 0.407. The second kappa shape index (κ2) is 10.5. The lowest BCUT2D eigenvalue weighted by atomic mass is 10.2. The minimum atomic E-state index is -1.51. The molecule has 4 rings (SSSR count). The molecule has 0 unspecified atom stereocenters. The van der Waals surface area contributed by atoms with Gasteiger partial charge in [0.2, 0.25) is 23.6 Å². The van der Waals surface area contributed by atoms with Gasteiger partial charge in [0.1, 0.15) is 11.5 Å². The molecule has 1 aliphatic heterocycles. The molecule has 0 atom stereocenters. The number of furan rings is 1. The zero-order valence-corrected chi connectivity index (χ0v) is 22.8. The van der Waals surface area contributed by atoms with Crippen LogP contribution in [0.3, 0.4) is 0 Å². The monoisotopic (exact) mass is 525 g/mol. The van der Waals surface area contributed by atoms with Gasteiger partial charge < -0.3 is 29.3 Å². The van der Waals surface area contributed by atoms with Gasteiger partial charge in [-0.1, -0.05) is 37.0 Å². The Bertz CT molecular complexity index is 1290. The average molecular weight is 526 g/mol. The van der Waals surface area contributed by atoms with Crippen LogP contribution in [-0.2, 0) is 11.2 Å². The minimum Gasteiger partial charge on any atom is -0.479 e. The van der Waals surface area contributed by atoms with Crippen molar-refractivity contribution in [1.82, 2.24) is 15.3 Å². The van der Waals surface area contributed by atoms with E-state index in [1.807, 2.05) is 13.0 Å². The third-order valence-electron chi connectivity index (χ3n) is 5.82. The summed E-state index contributed by atoms with van der Waals surface area (Å²) >= 11 is 0. The number of nitrogens with zero attached hydrogens (tertiary/aromatic N) is 3. The second-order valence-corrected chi connectivity index (χ2v) is 14.7. The van der Waals surface area contributed by atoms with Crippen molar-refractivity contribution in [2.75, 3.05) is 37.5 Å². The Kier molecular flexibility index (Phi) is 7.39. The number of benzene rings is 1. The largest absolute Gasteiger partial charge is 0.479 e. The van der Waals surface area contributed by atoms with Gasteiger partial charge in [-0.15, -0.1) is 0 Å². The number of aromatic nitrogens is 2. The van der Waals surface area contributed by atoms with Gasteiger partial charge in [0.25, 0.3) is 5.95 Å². The summed E-state index contributed by atoms with van der Waals surface area (Å²) < 4.78 is 22.5. The first-order valence-electron chi connectivity index (χ1n) is 11.8. The van der Waals surface area contributed by atoms with Gasteiger partial charge in [0.05, 0.1) is 28.7 Å². The molecule has 11 nitrogen and oxygen atoms in total. The highest BCUT2D eigenvalue weighted by atomic mass is 28.3. The summed E-state index contributed by atoms with van der Waals surface area (Å²) in [6, 6.07) is 9.30. The number of aryl methyl sites for hydroxylation is 1. The van der Waals surface area contributed by atoms with Crippen molar-refractivity contribution in [3.05, 3.63) is 41.7 Å². The standard InChI is InChI=1S/C25H31N5O6Si/c1-15-7-9-17(37(4,5)6)14-18(15)36-20-10-8-16(35-20)13-19(31)27-21-22(33-2)28-24(29-23(21)34-3)30-12-11-26-25(30)32/h7-10,14H,11-13H2,1-6H3,(H,26,32)(H,27,31). The SMILES string of the molecule is COc1nc(N2CCNC2=O)nc(OC)c1NC(=O)Cc1ccc(Oc2cc([Si](C)(C)C)ccc2C)o1. The molecule has 1 fully saturated rings. The van der Waals surface area contributed by atoms with Gasteiger partial charge in [-0.2, -0.15) is 9.97 Å². The molecular weight excluding hydrogens is 494 g/mol. The molecule has 3 aromatic rings.